The number of rotatable bonds is 2. The van der Waals surface area contributed by atoms with Crippen molar-refractivity contribution in [2.75, 3.05) is 0 Å². The van der Waals surface area contributed by atoms with Gasteiger partial charge in [-0.25, -0.2) is 0 Å². The van der Waals surface area contributed by atoms with Crippen molar-refractivity contribution in [2.45, 2.75) is 18.9 Å². The van der Waals surface area contributed by atoms with E-state index in [0.717, 1.165) is 22.9 Å². The maximum absolute atomic E-state index is 9.78. The number of hydrogen-bond acceptors (Lipinski definition) is 2. The summed E-state index contributed by atoms with van der Waals surface area (Å²) in [4.78, 5) is 0. The average molecular weight is 313 g/mol. The summed E-state index contributed by atoms with van der Waals surface area (Å²) in [6.07, 6.45) is 2.28. The Morgan fingerprint density at radius 3 is 2.60 bits per heavy atom. The number of halogens is 3. The summed E-state index contributed by atoms with van der Waals surface area (Å²) in [5.74, 6) is 0.608. The lowest BCUT2D eigenvalue weighted by atomic mass is 10.0. The van der Waals surface area contributed by atoms with E-state index in [2.05, 4.69) is 15.9 Å². The predicted molar refractivity (Wildman–Crippen MR) is 67.7 cm³/mol. The quantitative estimate of drug-likeness (QED) is 0.875. The topological polar surface area (TPSA) is 46.2 Å². The van der Waals surface area contributed by atoms with Crippen LogP contribution in [0.25, 0.3) is 0 Å². The summed E-state index contributed by atoms with van der Waals surface area (Å²) in [6, 6.07) is 3.37. The molecule has 1 aliphatic rings. The number of benzene rings is 1. The Morgan fingerprint density at radius 2 is 2.07 bits per heavy atom. The van der Waals surface area contributed by atoms with Gasteiger partial charge in [-0.05, 0) is 30.9 Å². The molecule has 1 fully saturated rings. The third-order valence-electron chi connectivity index (χ3n) is 2.58. The Hall–Kier alpha value is 0.0400. The molecule has 3 N–H and O–H groups in total. The highest BCUT2D eigenvalue weighted by Crippen LogP contribution is 2.46. The molecule has 84 valence electrons. The van der Waals surface area contributed by atoms with Crippen molar-refractivity contribution in [3.63, 3.8) is 0 Å². The summed E-state index contributed by atoms with van der Waals surface area (Å²) in [7, 11) is 0. The van der Waals surface area contributed by atoms with Gasteiger partial charge in [-0.3, -0.25) is 0 Å². The SMILES string of the molecule is Cl.N[C@@H](c1c(Br)ccc(Cl)c1O)C1CC1. The zero-order valence-electron chi connectivity index (χ0n) is 7.91. The van der Waals surface area contributed by atoms with E-state index in [1.165, 1.54) is 0 Å². The summed E-state index contributed by atoms with van der Waals surface area (Å²) < 4.78 is 0.832. The third kappa shape index (κ3) is 2.59. The second kappa shape index (κ2) is 4.91. The fourth-order valence-corrected chi connectivity index (χ4v) is 2.31. The van der Waals surface area contributed by atoms with E-state index in [4.69, 9.17) is 17.3 Å². The minimum absolute atomic E-state index is 0. The van der Waals surface area contributed by atoms with Crippen molar-refractivity contribution >= 4 is 39.9 Å². The first-order valence-corrected chi connectivity index (χ1v) is 5.71. The van der Waals surface area contributed by atoms with Gasteiger partial charge in [-0.1, -0.05) is 27.5 Å². The number of nitrogens with two attached hydrogens (primary N) is 1. The van der Waals surface area contributed by atoms with Gasteiger partial charge in [-0.15, -0.1) is 12.4 Å². The number of aromatic hydroxyl groups is 1. The largest absolute Gasteiger partial charge is 0.506 e. The second-order valence-corrected chi connectivity index (χ2v) is 4.92. The van der Waals surface area contributed by atoms with Crippen LogP contribution in [0.2, 0.25) is 5.02 Å². The van der Waals surface area contributed by atoms with Crippen molar-refractivity contribution in [1.29, 1.82) is 0 Å². The monoisotopic (exact) mass is 311 g/mol. The zero-order chi connectivity index (χ0) is 10.3. The van der Waals surface area contributed by atoms with Gasteiger partial charge in [0.2, 0.25) is 0 Å². The highest BCUT2D eigenvalue weighted by atomic mass is 79.9. The van der Waals surface area contributed by atoms with Gasteiger partial charge in [0.1, 0.15) is 5.75 Å². The van der Waals surface area contributed by atoms with Crippen LogP contribution in [0, 0.1) is 5.92 Å². The van der Waals surface area contributed by atoms with Crippen LogP contribution in [0.4, 0.5) is 0 Å². The first-order valence-electron chi connectivity index (χ1n) is 4.53. The molecule has 0 heterocycles. The van der Waals surface area contributed by atoms with Crippen LogP contribution in [0.5, 0.6) is 5.75 Å². The zero-order valence-corrected chi connectivity index (χ0v) is 11.1. The Bertz CT molecular complexity index is 369. The molecule has 0 amide bonds. The molecule has 2 rings (SSSR count). The van der Waals surface area contributed by atoms with Crippen LogP contribution in [-0.4, -0.2) is 5.11 Å². The average Bonchev–Trinajstić information content (AvgIpc) is 2.95. The van der Waals surface area contributed by atoms with E-state index in [9.17, 15) is 5.11 Å². The Labute approximate surface area is 108 Å². The molecule has 0 spiro atoms. The molecule has 0 aliphatic heterocycles. The normalized spacial score (nSPS) is 17.0. The molecule has 0 unspecified atom stereocenters. The van der Waals surface area contributed by atoms with Gasteiger partial charge in [0, 0.05) is 16.1 Å². The Morgan fingerprint density at radius 1 is 1.47 bits per heavy atom. The van der Waals surface area contributed by atoms with Crippen LogP contribution in [0.3, 0.4) is 0 Å². The lowest BCUT2D eigenvalue weighted by molar-refractivity contribution is 0.455. The first kappa shape index (κ1) is 13.1. The summed E-state index contributed by atoms with van der Waals surface area (Å²) >= 11 is 9.21. The first-order chi connectivity index (χ1) is 6.61. The lowest BCUT2D eigenvalue weighted by Crippen LogP contribution is -2.13. The van der Waals surface area contributed by atoms with Crippen LogP contribution in [0.15, 0.2) is 16.6 Å². The minimum Gasteiger partial charge on any atom is -0.506 e. The van der Waals surface area contributed by atoms with Gasteiger partial charge in [0.15, 0.2) is 0 Å². The van der Waals surface area contributed by atoms with E-state index in [1.807, 2.05) is 6.07 Å². The number of phenols is 1. The van der Waals surface area contributed by atoms with Crippen molar-refractivity contribution in [1.82, 2.24) is 0 Å². The van der Waals surface area contributed by atoms with E-state index < -0.39 is 0 Å². The molecule has 1 atom stereocenters. The molecule has 0 aromatic heterocycles. The third-order valence-corrected chi connectivity index (χ3v) is 3.57. The van der Waals surface area contributed by atoms with Crippen LogP contribution >= 0.6 is 39.9 Å². The molecule has 0 saturated heterocycles. The molecule has 1 aliphatic carbocycles. The van der Waals surface area contributed by atoms with Gasteiger partial charge in [-0.2, -0.15) is 0 Å². The molecular formula is C10H12BrCl2NO. The maximum atomic E-state index is 9.78. The van der Waals surface area contributed by atoms with E-state index in [-0.39, 0.29) is 24.2 Å². The minimum atomic E-state index is -0.108. The fourth-order valence-electron chi connectivity index (χ4n) is 1.56. The number of hydrogen-bond donors (Lipinski definition) is 2. The molecular weight excluding hydrogens is 301 g/mol. The van der Waals surface area contributed by atoms with Crippen LogP contribution in [-0.2, 0) is 0 Å². The summed E-state index contributed by atoms with van der Waals surface area (Å²) in [5.41, 5.74) is 6.76. The highest BCUT2D eigenvalue weighted by Gasteiger charge is 2.32. The van der Waals surface area contributed by atoms with Crippen molar-refractivity contribution < 1.29 is 5.11 Å². The second-order valence-electron chi connectivity index (χ2n) is 3.65. The van der Waals surface area contributed by atoms with Crippen molar-refractivity contribution in [2.24, 2.45) is 11.7 Å². The van der Waals surface area contributed by atoms with Gasteiger partial charge in [0.25, 0.3) is 0 Å². The molecule has 1 saturated carbocycles. The number of phenolic OH excluding ortho intramolecular Hbond substituents is 1. The fraction of sp³-hybridized carbons (Fsp3) is 0.400. The van der Waals surface area contributed by atoms with Crippen molar-refractivity contribution in [3.05, 3.63) is 27.2 Å². The molecule has 0 bridgehead atoms. The smallest absolute Gasteiger partial charge is 0.140 e. The Kier molecular flexibility index (Phi) is 4.29. The standard InChI is InChI=1S/C10H11BrClNO.ClH/c11-6-3-4-7(12)10(14)8(6)9(13)5-1-2-5;/h3-5,9,14H,1-2,13H2;1H/t9-;/m1./s1. The molecule has 15 heavy (non-hydrogen) atoms. The predicted octanol–water partition coefficient (Wildman–Crippen LogP) is 3.64. The van der Waals surface area contributed by atoms with Crippen LogP contribution < -0.4 is 5.73 Å². The lowest BCUT2D eigenvalue weighted by Gasteiger charge is -2.15. The van der Waals surface area contributed by atoms with Gasteiger partial charge >= 0.3 is 0 Å². The summed E-state index contributed by atoms with van der Waals surface area (Å²) in [6.45, 7) is 0. The van der Waals surface area contributed by atoms with Crippen LogP contribution in [0.1, 0.15) is 24.4 Å². The van der Waals surface area contributed by atoms with Gasteiger partial charge in [0.05, 0.1) is 5.02 Å². The summed E-state index contributed by atoms with van der Waals surface area (Å²) in [5, 5.41) is 10.1. The molecule has 1 aromatic rings. The van der Waals surface area contributed by atoms with E-state index in [1.54, 1.807) is 6.07 Å². The van der Waals surface area contributed by atoms with Crippen molar-refractivity contribution in [3.8, 4) is 5.75 Å². The molecule has 2 nitrogen and oxygen atoms in total. The molecule has 0 radical (unpaired) electrons. The highest BCUT2D eigenvalue weighted by molar-refractivity contribution is 9.10. The van der Waals surface area contributed by atoms with Gasteiger partial charge < -0.3 is 10.8 Å². The van der Waals surface area contributed by atoms with E-state index >= 15 is 0 Å². The van der Waals surface area contributed by atoms with E-state index in [0.29, 0.717) is 10.9 Å². The molecule has 5 heteroatoms. The molecule has 1 aromatic carbocycles. The maximum Gasteiger partial charge on any atom is 0.140 e. The Balaban J connectivity index is 0.00000112.